The number of benzene rings is 1. The lowest BCUT2D eigenvalue weighted by molar-refractivity contribution is -0.152. The van der Waals surface area contributed by atoms with E-state index in [2.05, 4.69) is 0 Å². The lowest BCUT2D eigenvalue weighted by Crippen LogP contribution is -2.62. The number of imide groups is 1. The van der Waals surface area contributed by atoms with E-state index >= 15 is 0 Å². The number of amides is 3. The Labute approximate surface area is 147 Å². The Morgan fingerprint density at radius 1 is 1.08 bits per heavy atom. The molecule has 2 unspecified atom stereocenters. The summed E-state index contributed by atoms with van der Waals surface area (Å²) >= 11 is 0. The molecule has 130 valence electrons. The molecule has 25 heavy (non-hydrogen) atoms. The maximum Gasteiger partial charge on any atom is 0.233 e. The third-order valence-electron chi connectivity index (χ3n) is 5.56. The van der Waals surface area contributed by atoms with Crippen molar-refractivity contribution < 1.29 is 14.4 Å². The Morgan fingerprint density at radius 2 is 1.72 bits per heavy atom. The summed E-state index contributed by atoms with van der Waals surface area (Å²) in [6.07, 6.45) is 5.68. The molecule has 1 aromatic carbocycles. The van der Waals surface area contributed by atoms with Crippen LogP contribution in [-0.4, -0.2) is 46.7 Å². The van der Waals surface area contributed by atoms with E-state index in [0.717, 1.165) is 11.1 Å². The Bertz CT molecular complexity index is 738. The largest absolute Gasteiger partial charge is 0.338 e. The maximum absolute atomic E-state index is 12.6. The highest BCUT2D eigenvalue weighted by atomic mass is 16.2. The highest BCUT2D eigenvalue weighted by Gasteiger charge is 2.52. The highest BCUT2D eigenvalue weighted by molar-refractivity contribution is 6.06. The van der Waals surface area contributed by atoms with Gasteiger partial charge in [0.1, 0.15) is 0 Å². The average Bonchev–Trinajstić information content (AvgIpc) is 2.79. The van der Waals surface area contributed by atoms with Crippen LogP contribution in [0.25, 0.3) is 0 Å². The molecule has 2 atom stereocenters. The first-order valence-electron chi connectivity index (χ1n) is 8.90. The smallest absolute Gasteiger partial charge is 0.233 e. The van der Waals surface area contributed by atoms with Crippen molar-refractivity contribution in [2.75, 3.05) is 13.1 Å². The second-order valence-electron chi connectivity index (χ2n) is 7.32. The minimum Gasteiger partial charge on any atom is -0.338 e. The van der Waals surface area contributed by atoms with Crippen LogP contribution < -0.4 is 0 Å². The fourth-order valence-corrected chi connectivity index (χ4v) is 4.12. The molecule has 0 radical (unpaired) electrons. The van der Waals surface area contributed by atoms with Crippen LogP contribution in [0.5, 0.6) is 0 Å². The van der Waals surface area contributed by atoms with E-state index in [-0.39, 0.29) is 35.6 Å². The van der Waals surface area contributed by atoms with Gasteiger partial charge in [-0.05, 0) is 25.3 Å². The van der Waals surface area contributed by atoms with Crippen molar-refractivity contribution in [1.29, 1.82) is 0 Å². The van der Waals surface area contributed by atoms with Gasteiger partial charge in [0.15, 0.2) is 0 Å². The number of hydrogen-bond donors (Lipinski definition) is 0. The Hall–Kier alpha value is -2.43. The molecule has 3 aliphatic rings. The third kappa shape index (κ3) is 2.77. The Morgan fingerprint density at radius 3 is 2.32 bits per heavy atom. The van der Waals surface area contributed by atoms with Gasteiger partial charge >= 0.3 is 0 Å². The number of likely N-dealkylation sites (tertiary alicyclic amines) is 2. The lowest BCUT2D eigenvalue weighted by Gasteiger charge is -2.43. The summed E-state index contributed by atoms with van der Waals surface area (Å²) in [4.78, 5) is 40.7. The number of rotatable bonds is 3. The molecule has 0 spiro atoms. The summed E-state index contributed by atoms with van der Waals surface area (Å²) < 4.78 is 0. The summed E-state index contributed by atoms with van der Waals surface area (Å²) in [6, 6.07) is 7.78. The molecule has 0 aromatic heterocycles. The fourth-order valence-electron chi connectivity index (χ4n) is 4.12. The Kier molecular flexibility index (Phi) is 3.94. The van der Waals surface area contributed by atoms with Gasteiger partial charge in [-0.1, -0.05) is 42.0 Å². The van der Waals surface area contributed by atoms with E-state index in [4.69, 9.17) is 0 Å². The van der Waals surface area contributed by atoms with Crippen LogP contribution in [-0.2, 0) is 20.8 Å². The second kappa shape index (κ2) is 6.14. The molecular weight excluding hydrogens is 316 g/mol. The minimum absolute atomic E-state index is 0.0462. The SMILES string of the molecule is Cc1cccc(CC(=O)N2CC(N3C(=O)C4CC=CCC4C3=O)C2)c1. The van der Waals surface area contributed by atoms with E-state index in [1.54, 1.807) is 4.90 Å². The van der Waals surface area contributed by atoms with Crippen molar-refractivity contribution in [2.24, 2.45) is 11.8 Å². The quantitative estimate of drug-likeness (QED) is 0.623. The van der Waals surface area contributed by atoms with Gasteiger partial charge in [0.05, 0.1) is 24.3 Å². The van der Waals surface area contributed by atoms with Gasteiger partial charge in [0.25, 0.3) is 0 Å². The standard InChI is InChI=1S/C20H22N2O3/c1-13-5-4-6-14(9-13)10-18(23)21-11-15(12-21)22-19(24)16-7-2-3-8-17(16)20(22)25/h2-6,9,15-17H,7-8,10-12H2,1H3. The molecule has 2 aliphatic heterocycles. The van der Waals surface area contributed by atoms with Crippen LogP contribution in [0.2, 0.25) is 0 Å². The first kappa shape index (κ1) is 16.1. The predicted molar refractivity (Wildman–Crippen MR) is 92.5 cm³/mol. The Balaban J connectivity index is 1.36. The van der Waals surface area contributed by atoms with Crippen LogP contribution in [0.3, 0.4) is 0 Å². The summed E-state index contributed by atoms with van der Waals surface area (Å²) in [5.74, 6) is -0.408. The highest BCUT2D eigenvalue weighted by Crippen LogP contribution is 2.37. The maximum atomic E-state index is 12.6. The molecule has 1 aliphatic carbocycles. The van der Waals surface area contributed by atoms with Crippen molar-refractivity contribution in [1.82, 2.24) is 9.80 Å². The molecule has 3 amide bonds. The van der Waals surface area contributed by atoms with Crippen molar-refractivity contribution >= 4 is 17.7 Å². The van der Waals surface area contributed by atoms with Gasteiger partial charge < -0.3 is 4.90 Å². The summed E-state index contributed by atoms with van der Waals surface area (Å²) in [6.45, 7) is 2.94. The minimum atomic E-state index is -0.186. The number of carbonyl (C=O) groups excluding carboxylic acids is 3. The molecule has 1 aromatic rings. The van der Waals surface area contributed by atoms with Crippen LogP contribution in [0, 0.1) is 18.8 Å². The summed E-state index contributed by atoms with van der Waals surface area (Å²) in [5, 5.41) is 0. The average molecular weight is 338 g/mol. The molecule has 2 heterocycles. The molecule has 0 saturated carbocycles. The van der Waals surface area contributed by atoms with Gasteiger partial charge in [0.2, 0.25) is 17.7 Å². The number of fused-ring (bicyclic) bond motifs is 1. The van der Waals surface area contributed by atoms with Crippen LogP contribution in [0.4, 0.5) is 0 Å². The molecule has 5 heteroatoms. The van der Waals surface area contributed by atoms with Gasteiger partial charge in [-0.15, -0.1) is 0 Å². The van der Waals surface area contributed by atoms with Crippen LogP contribution in [0.15, 0.2) is 36.4 Å². The zero-order valence-electron chi connectivity index (χ0n) is 14.4. The van der Waals surface area contributed by atoms with E-state index < -0.39 is 0 Å². The zero-order valence-corrected chi connectivity index (χ0v) is 14.4. The van der Waals surface area contributed by atoms with Gasteiger partial charge in [-0.3, -0.25) is 19.3 Å². The first-order valence-corrected chi connectivity index (χ1v) is 8.90. The van der Waals surface area contributed by atoms with Gasteiger partial charge in [-0.25, -0.2) is 0 Å². The van der Waals surface area contributed by atoms with Gasteiger partial charge in [0, 0.05) is 13.1 Å². The molecule has 0 N–H and O–H groups in total. The van der Waals surface area contributed by atoms with Crippen molar-refractivity contribution in [3.8, 4) is 0 Å². The van der Waals surface area contributed by atoms with Crippen molar-refractivity contribution in [3.05, 3.63) is 47.5 Å². The van der Waals surface area contributed by atoms with E-state index in [9.17, 15) is 14.4 Å². The third-order valence-corrected chi connectivity index (χ3v) is 5.56. The first-order chi connectivity index (χ1) is 12.0. The van der Waals surface area contributed by atoms with E-state index in [0.29, 0.717) is 32.4 Å². The number of nitrogens with zero attached hydrogens (tertiary/aromatic N) is 2. The molecule has 2 saturated heterocycles. The predicted octanol–water partition coefficient (Wildman–Crippen LogP) is 1.70. The van der Waals surface area contributed by atoms with Gasteiger partial charge in [-0.2, -0.15) is 0 Å². The summed E-state index contributed by atoms with van der Waals surface area (Å²) in [5.41, 5.74) is 2.13. The van der Waals surface area contributed by atoms with E-state index in [1.807, 2.05) is 43.3 Å². The summed E-state index contributed by atoms with van der Waals surface area (Å²) in [7, 11) is 0. The van der Waals surface area contributed by atoms with E-state index in [1.165, 1.54) is 4.90 Å². The number of allylic oxidation sites excluding steroid dienone is 2. The molecular formula is C20H22N2O3. The lowest BCUT2D eigenvalue weighted by atomic mass is 9.85. The zero-order chi connectivity index (χ0) is 17.6. The topological polar surface area (TPSA) is 57.7 Å². The van der Waals surface area contributed by atoms with Crippen molar-refractivity contribution in [2.45, 2.75) is 32.2 Å². The monoisotopic (exact) mass is 338 g/mol. The molecule has 5 nitrogen and oxygen atoms in total. The number of hydrogen-bond acceptors (Lipinski definition) is 3. The fraction of sp³-hybridized carbons (Fsp3) is 0.450. The molecule has 0 bridgehead atoms. The number of carbonyl (C=O) groups is 3. The number of aryl methyl sites for hydroxylation is 1. The van der Waals surface area contributed by atoms with Crippen LogP contribution in [0.1, 0.15) is 24.0 Å². The second-order valence-corrected chi connectivity index (χ2v) is 7.32. The molecule has 2 fully saturated rings. The normalized spacial score (nSPS) is 26.0. The van der Waals surface area contributed by atoms with Crippen LogP contribution >= 0.6 is 0 Å². The van der Waals surface area contributed by atoms with Crippen molar-refractivity contribution in [3.63, 3.8) is 0 Å². The molecule has 4 rings (SSSR count).